The van der Waals surface area contributed by atoms with E-state index in [1.165, 1.54) is 13.2 Å². The number of ether oxygens (including phenoxy) is 2. The average Bonchev–Trinajstić information content (AvgIpc) is 3.15. The van der Waals surface area contributed by atoms with Gasteiger partial charge in [0.15, 0.2) is 0 Å². The summed E-state index contributed by atoms with van der Waals surface area (Å²) in [6.07, 6.45) is 2.94. The first-order chi connectivity index (χ1) is 13.5. The van der Waals surface area contributed by atoms with E-state index in [2.05, 4.69) is 5.32 Å². The number of amides is 1. The van der Waals surface area contributed by atoms with Crippen LogP contribution < -0.4 is 14.8 Å². The largest absolute Gasteiger partial charge is 0.497 e. The van der Waals surface area contributed by atoms with Crippen LogP contribution in [0.4, 0.5) is 5.69 Å². The van der Waals surface area contributed by atoms with Crippen molar-refractivity contribution in [2.24, 2.45) is 0 Å². The van der Waals surface area contributed by atoms with Crippen molar-refractivity contribution < 1.29 is 18.7 Å². The molecule has 0 unspecified atom stereocenters. The van der Waals surface area contributed by atoms with Crippen molar-refractivity contribution in [3.05, 3.63) is 70.4 Å². The third kappa shape index (κ3) is 4.68. The quantitative estimate of drug-likeness (QED) is 0.505. The van der Waals surface area contributed by atoms with Gasteiger partial charge in [-0.05, 0) is 48.5 Å². The maximum atomic E-state index is 12.2. The van der Waals surface area contributed by atoms with Crippen molar-refractivity contribution in [3.63, 3.8) is 0 Å². The zero-order valence-corrected chi connectivity index (χ0v) is 16.7. The van der Waals surface area contributed by atoms with Crippen molar-refractivity contribution in [1.29, 1.82) is 0 Å². The van der Waals surface area contributed by atoms with Gasteiger partial charge in [0, 0.05) is 22.7 Å². The SMILES string of the molecule is COc1ccc(NC(=O)/C=C/c2ccc(-c3ccc(Cl)cc3Cl)o2)c(OC)c1. The van der Waals surface area contributed by atoms with Gasteiger partial charge in [-0.25, -0.2) is 0 Å². The predicted molar refractivity (Wildman–Crippen MR) is 111 cm³/mol. The van der Waals surface area contributed by atoms with Gasteiger partial charge in [-0.3, -0.25) is 4.79 Å². The number of halogens is 2. The van der Waals surface area contributed by atoms with Gasteiger partial charge >= 0.3 is 0 Å². The van der Waals surface area contributed by atoms with E-state index in [-0.39, 0.29) is 5.91 Å². The monoisotopic (exact) mass is 417 g/mol. The molecule has 28 heavy (non-hydrogen) atoms. The summed E-state index contributed by atoms with van der Waals surface area (Å²) in [7, 11) is 3.08. The lowest BCUT2D eigenvalue weighted by Crippen LogP contribution is -2.08. The number of hydrogen-bond acceptors (Lipinski definition) is 4. The number of rotatable bonds is 6. The van der Waals surface area contributed by atoms with Crippen molar-refractivity contribution in [3.8, 4) is 22.8 Å². The third-order valence-electron chi connectivity index (χ3n) is 3.89. The summed E-state index contributed by atoms with van der Waals surface area (Å²) >= 11 is 12.1. The number of anilines is 1. The van der Waals surface area contributed by atoms with Crippen LogP contribution in [0.3, 0.4) is 0 Å². The van der Waals surface area contributed by atoms with E-state index in [1.54, 1.807) is 61.7 Å². The highest BCUT2D eigenvalue weighted by Gasteiger charge is 2.10. The molecule has 0 bridgehead atoms. The minimum absolute atomic E-state index is 0.328. The van der Waals surface area contributed by atoms with Crippen LogP contribution >= 0.6 is 23.2 Å². The third-order valence-corrected chi connectivity index (χ3v) is 4.44. The molecule has 1 aromatic heterocycles. The van der Waals surface area contributed by atoms with Gasteiger partial charge in [-0.1, -0.05) is 23.2 Å². The van der Waals surface area contributed by atoms with Crippen LogP contribution in [0.15, 0.2) is 59.0 Å². The Hall–Kier alpha value is -2.89. The van der Waals surface area contributed by atoms with Crippen LogP contribution in [0, 0.1) is 0 Å². The lowest BCUT2D eigenvalue weighted by molar-refractivity contribution is -0.111. The second-order valence-corrected chi connectivity index (χ2v) is 6.56. The first-order valence-corrected chi connectivity index (χ1v) is 9.02. The lowest BCUT2D eigenvalue weighted by Gasteiger charge is -2.10. The fraction of sp³-hybridized carbons (Fsp3) is 0.0952. The molecule has 0 aliphatic rings. The highest BCUT2D eigenvalue weighted by molar-refractivity contribution is 6.36. The molecule has 7 heteroatoms. The Morgan fingerprint density at radius 3 is 2.57 bits per heavy atom. The lowest BCUT2D eigenvalue weighted by atomic mass is 10.2. The van der Waals surface area contributed by atoms with Crippen molar-refractivity contribution in [2.45, 2.75) is 0 Å². The van der Waals surface area contributed by atoms with Crippen LogP contribution in [0.25, 0.3) is 17.4 Å². The molecular weight excluding hydrogens is 401 g/mol. The molecular formula is C21H17Cl2NO4. The number of hydrogen-bond donors (Lipinski definition) is 1. The molecule has 1 amide bonds. The molecule has 0 fully saturated rings. The smallest absolute Gasteiger partial charge is 0.248 e. The minimum atomic E-state index is -0.328. The van der Waals surface area contributed by atoms with Crippen LogP contribution in [0.1, 0.15) is 5.76 Å². The Morgan fingerprint density at radius 2 is 1.86 bits per heavy atom. The number of nitrogens with one attached hydrogen (secondary N) is 1. The average molecular weight is 418 g/mol. The highest BCUT2D eigenvalue weighted by Crippen LogP contribution is 2.32. The Labute approximate surface area is 172 Å². The van der Waals surface area contributed by atoms with E-state index in [4.69, 9.17) is 37.1 Å². The molecule has 1 N–H and O–H groups in total. The van der Waals surface area contributed by atoms with Crippen molar-refractivity contribution >= 4 is 40.9 Å². The van der Waals surface area contributed by atoms with E-state index in [1.807, 2.05) is 0 Å². The first kappa shape index (κ1) is 19.9. The van der Waals surface area contributed by atoms with E-state index in [9.17, 15) is 4.79 Å². The highest BCUT2D eigenvalue weighted by atomic mass is 35.5. The summed E-state index contributed by atoms with van der Waals surface area (Å²) in [5, 5.41) is 3.79. The zero-order valence-electron chi connectivity index (χ0n) is 15.2. The molecule has 0 saturated carbocycles. The minimum Gasteiger partial charge on any atom is -0.497 e. The van der Waals surface area contributed by atoms with E-state index in [0.29, 0.717) is 38.8 Å². The fourth-order valence-corrected chi connectivity index (χ4v) is 3.01. The second-order valence-electron chi connectivity index (χ2n) is 5.71. The summed E-state index contributed by atoms with van der Waals surface area (Å²) in [6, 6.07) is 13.8. The predicted octanol–water partition coefficient (Wildman–Crippen LogP) is 5.92. The second kappa shape index (κ2) is 8.87. The number of carbonyl (C=O) groups is 1. The molecule has 0 spiro atoms. The topological polar surface area (TPSA) is 60.7 Å². The number of furan rings is 1. The molecule has 0 aliphatic heterocycles. The zero-order chi connectivity index (χ0) is 20.1. The van der Waals surface area contributed by atoms with Crippen LogP contribution in [-0.2, 0) is 4.79 Å². The molecule has 5 nitrogen and oxygen atoms in total. The summed E-state index contributed by atoms with van der Waals surface area (Å²) in [4.78, 5) is 12.2. The van der Waals surface area contributed by atoms with Gasteiger partial charge in [0.2, 0.25) is 5.91 Å². The molecule has 0 aliphatic carbocycles. The number of benzene rings is 2. The Bertz CT molecular complexity index is 1030. The van der Waals surface area contributed by atoms with Gasteiger partial charge in [0.1, 0.15) is 23.0 Å². The van der Waals surface area contributed by atoms with Crippen LogP contribution in [0.5, 0.6) is 11.5 Å². The summed E-state index contributed by atoms with van der Waals surface area (Å²) < 4.78 is 16.1. The molecule has 3 rings (SSSR count). The molecule has 3 aromatic rings. The first-order valence-electron chi connectivity index (χ1n) is 8.26. The molecule has 1 heterocycles. The maximum absolute atomic E-state index is 12.2. The van der Waals surface area contributed by atoms with Crippen molar-refractivity contribution in [2.75, 3.05) is 19.5 Å². The van der Waals surface area contributed by atoms with E-state index < -0.39 is 0 Å². The van der Waals surface area contributed by atoms with Gasteiger partial charge < -0.3 is 19.2 Å². The maximum Gasteiger partial charge on any atom is 0.248 e. The Kier molecular flexibility index (Phi) is 6.29. The Morgan fingerprint density at radius 1 is 1.04 bits per heavy atom. The molecule has 0 atom stereocenters. The van der Waals surface area contributed by atoms with Gasteiger partial charge in [-0.2, -0.15) is 0 Å². The van der Waals surface area contributed by atoms with Crippen LogP contribution in [0.2, 0.25) is 10.0 Å². The van der Waals surface area contributed by atoms with E-state index in [0.717, 1.165) is 5.56 Å². The van der Waals surface area contributed by atoms with Gasteiger partial charge in [0.05, 0.1) is 24.9 Å². The van der Waals surface area contributed by atoms with E-state index >= 15 is 0 Å². The number of carbonyl (C=O) groups excluding carboxylic acids is 1. The normalized spacial score (nSPS) is 10.9. The van der Waals surface area contributed by atoms with Crippen molar-refractivity contribution in [1.82, 2.24) is 0 Å². The van der Waals surface area contributed by atoms with Gasteiger partial charge in [0.25, 0.3) is 0 Å². The summed E-state index contributed by atoms with van der Waals surface area (Å²) in [5.74, 6) is 1.90. The Balaban J connectivity index is 1.71. The summed E-state index contributed by atoms with van der Waals surface area (Å²) in [5.41, 5.74) is 1.25. The molecule has 144 valence electrons. The van der Waals surface area contributed by atoms with Crippen LogP contribution in [-0.4, -0.2) is 20.1 Å². The standard InChI is InChI=1S/C21H17Cl2NO4/c1-26-15-4-8-18(20(12-15)27-2)24-21(25)10-6-14-5-9-19(28-14)16-7-3-13(22)11-17(16)23/h3-12H,1-2H3,(H,24,25)/b10-6+. The number of methoxy groups -OCH3 is 2. The summed E-state index contributed by atoms with van der Waals surface area (Å²) in [6.45, 7) is 0. The molecule has 2 aromatic carbocycles. The molecule has 0 radical (unpaired) electrons. The van der Waals surface area contributed by atoms with Gasteiger partial charge in [-0.15, -0.1) is 0 Å². The fourth-order valence-electron chi connectivity index (χ4n) is 2.51. The molecule has 0 saturated heterocycles.